The number of nitriles is 1. The van der Waals surface area contributed by atoms with Gasteiger partial charge < -0.3 is 11.1 Å². The lowest BCUT2D eigenvalue weighted by Gasteiger charge is -2.36. The lowest BCUT2D eigenvalue weighted by molar-refractivity contribution is -0.121. The summed E-state index contributed by atoms with van der Waals surface area (Å²) in [5, 5.41) is 12.3. The molecule has 0 radical (unpaired) electrons. The number of primary amides is 1. The maximum Gasteiger partial charge on any atom is 0.251 e. The maximum absolute atomic E-state index is 12.9. The molecule has 1 fully saturated rings. The first-order chi connectivity index (χ1) is 15.7. The molecule has 1 aliphatic heterocycles. The smallest absolute Gasteiger partial charge is 0.251 e. The molecule has 33 heavy (non-hydrogen) atoms. The first kappa shape index (κ1) is 23.4. The average Bonchev–Trinajstić information content (AvgIpc) is 3.39. The van der Waals surface area contributed by atoms with Gasteiger partial charge in [0.05, 0.1) is 28.1 Å². The number of sulfonamides is 1. The zero-order valence-electron chi connectivity index (χ0n) is 18.2. The Kier molecular flexibility index (Phi) is 6.54. The number of fused-ring (bicyclic) bond motifs is 1. The number of amides is 2. The Balaban J connectivity index is 1.39. The number of nitrogens with two attached hydrogens (primary N) is 1. The normalized spacial score (nSPS) is 17.8. The molecule has 2 aromatic rings. The van der Waals surface area contributed by atoms with Gasteiger partial charge in [0.1, 0.15) is 5.00 Å². The Morgan fingerprint density at radius 2 is 1.82 bits per heavy atom. The predicted molar refractivity (Wildman–Crippen MR) is 124 cm³/mol. The molecule has 2 heterocycles. The lowest BCUT2D eigenvalue weighted by atomic mass is 10.1. The Labute approximate surface area is 196 Å². The molecular formula is C22H25N5O4S2. The molecule has 0 saturated carbocycles. The first-order valence-corrected chi connectivity index (χ1v) is 13.0. The van der Waals surface area contributed by atoms with Crippen LogP contribution in [0.1, 0.15) is 39.7 Å². The van der Waals surface area contributed by atoms with Gasteiger partial charge in [0.25, 0.3) is 5.91 Å². The van der Waals surface area contributed by atoms with E-state index in [4.69, 9.17) is 11.0 Å². The molecule has 1 aliphatic carbocycles. The second-order valence-electron chi connectivity index (χ2n) is 8.17. The zero-order valence-corrected chi connectivity index (χ0v) is 19.8. The standard InChI is InChI=1S/C22H25N5O4S2/c1-14(21(29)25-22-19(20(24)28)17-3-2-4-18(17)32-22)26-9-11-27(12-10-26)33(30,31)16-7-5-15(13-23)6-8-16/h5-8,14H,2-4,9-12H2,1H3,(H2,24,28)(H,25,29)/t14-/m0/s1. The number of carbonyl (C=O) groups is 2. The van der Waals surface area contributed by atoms with E-state index in [0.717, 1.165) is 29.7 Å². The van der Waals surface area contributed by atoms with Crippen LogP contribution in [-0.4, -0.2) is 61.7 Å². The Morgan fingerprint density at radius 1 is 1.15 bits per heavy atom. The molecule has 3 N–H and O–H groups in total. The number of hydrogen-bond acceptors (Lipinski definition) is 7. The van der Waals surface area contributed by atoms with Gasteiger partial charge in [-0.05, 0) is 56.0 Å². The predicted octanol–water partition coefficient (Wildman–Crippen LogP) is 1.54. The van der Waals surface area contributed by atoms with E-state index in [0.29, 0.717) is 29.2 Å². The number of anilines is 1. The summed E-state index contributed by atoms with van der Waals surface area (Å²) in [5.41, 5.74) is 7.35. The van der Waals surface area contributed by atoms with E-state index < -0.39 is 22.0 Å². The van der Waals surface area contributed by atoms with Crippen LogP contribution in [0.25, 0.3) is 0 Å². The highest BCUT2D eigenvalue weighted by Gasteiger charge is 2.33. The van der Waals surface area contributed by atoms with Crippen LogP contribution in [0.4, 0.5) is 5.00 Å². The monoisotopic (exact) mass is 487 g/mol. The Hall–Kier alpha value is -2.78. The van der Waals surface area contributed by atoms with Gasteiger partial charge in [0.15, 0.2) is 0 Å². The molecule has 1 aromatic heterocycles. The van der Waals surface area contributed by atoms with Crippen molar-refractivity contribution in [2.45, 2.75) is 37.1 Å². The van der Waals surface area contributed by atoms with Crippen LogP contribution < -0.4 is 11.1 Å². The lowest BCUT2D eigenvalue weighted by Crippen LogP contribution is -2.53. The van der Waals surface area contributed by atoms with Crippen molar-refractivity contribution in [2.24, 2.45) is 5.73 Å². The van der Waals surface area contributed by atoms with Gasteiger partial charge >= 0.3 is 0 Å². The van der Waals surface area contributed by atoms with Gasteiger partial charge in [-0.1, -0.05) is 0 Å². The molecule has 0 spiro atoms. The van der Waals surface area contributed by atoms with Crippen LogP contribution in [-0.2, 0) is 27.7 Å². The summed E-state index contributed by atoms with van der Waals surface area (Å²) in [6.45, 7) is 3.06. The van der Waals surface area contributed by atoms with Crippen LogP contribution >= 0.6 is 11.3 Å². The molecule has 1 saturated heterocycles. The molecule has 1 aromatic carbocycles. The fourth-order valence-corrected chi connectivity index (χ4v) is 7.04. The highest BCUT2D eigenvalue weighted by atomic mass is 32.2. The summed E-state index contributed by atoms with van der Waals surface area (Å²) in [6, 6.07) is 7.31. The molecule has 174 valence electrons. The number of nitrogens with one attached hydrogen (secondary N) is 1. The van der Waals surface area contributed by atoms with Gasteiger partial charge in [-0.3, -0.25) is 14.5 Å². The number of nitrogens with zero attached hydrogens (tertiary/aromatic N) is 3. The van der Waals surface area contributed by atoms with Gasteiger partial charge in [-0.25, -0.2) is 8.42 Å². The zero-order chi connectivity index (χ0) is 23.8. The topological polar surface area (TPSA) is 137 Å². The van der Waals surface area contributed by atoms with E-state index in [1.165, 1.54) is 39.9 Å². The van der Waals surface area contributed by atoms with Crippen molar-refractivity contribution in [1.29, 1.82) is 5.26 Å². The van der Waals surface area contributed by atoms with E-state index in [9.17, 15) is 18.0 Å². The second kappa shape index (κ2) is 9.23. The van der Waals surface area contributed by atoms with Crippen molar-refractivity contribution >= 4 is 38.2 Å². The Bertz CT molecular complexity index is 1220. The van der Waals surface area contributed by atoms with Crippen molar-refractivity contribution in [3.05, 3.63) is 45.8 Å². The second-order valence-corrected chi connectivity index (χ2v) is 11.2. The van der Waals surface area contributed by atoms with E-state index in [1.807, 2.05) is 11.0 Å². The van der Waals surface area contributed by atoms with Crippen molar-refractivity contribution in [3.8, 4) is 6.07 Å². The van der Waals surface area contributed by atoms with E-state index >= 15 is 0 Å². The fraction of sp³-hybridized carbons (Fsp3) is 0.409. The van der Waals surface area contributed by atoms with Crippen LogP contribution in [0.3, 0.4) is 0 Å². The highest BCUT2D eigenvalue weighted by molar-refractivity contribution is 7.89. The summed E-state index contributed by atoms with van der Waals surface area (Å²) < 4.78 is 27.2. The molecule has 4 rings (SSSR count). The minimum Gasteiger partial charge on any atom is -0.365 e. The van der Waals surface area contributed by atoms with E-state index in [2.05, 4.69) is 5.32 Å². The minimum absolute atomic E-state index is 0.144. The van der Waals surface area contributed by atoms with Crippen molar-refractivity contribution < 1.29 is 18.0 Å². The maximum atomic E-state index is 12.9. The number of rotatable bonds is 6. The fourth-order valence-electron chi connectivity index (χ4n) is 4.32. The van der Waals surface area contributed by atoms with Crippen LogP contribution in [0.2, 0.25) is 0 Å². The molecule has 2 amide bonds. The summed E-state index contributed by atoms with van der Waals surface area (Å²) in [4.78, 5) is 28.1. The molecule has 1 atom stereocenters. The Morgan fingerprint density at radius 3 is 2.42 bits per heavy atom. The molecule has 0 bridgehead atoms. The SMILES string of the molecule is C[C@@H](C(=O)Nc1sc2c(c1C(N)=O)CCC2)N1CCN(S(=O)(=O)c2ccc(C#N)cc2)CC1. The third-order valence-electron chi connectivity index (χ3n) is 6.23. The van der Waals surface area contributed by atoms with Crippen LogP contribution in [0.5, 0.6) is 0 Å². The molecule has 0 unspecified atom stereocenters. The molecular weight excluding hydrogens is 462 g/mol. The summed E-state index contributed by atoms with van der Waals surface area (Å²) in [5.74, 6) is -0.778. The number of carbonyl (C=O) groups excluding carboxylic acids is 2. The van der Waals surface area contributed by atoms with Crippen LogP contribution in [0.15, 0.2) is 29.2 Å². The number of benzene rings is 1. The number of hydrogen-bond donors (Lipinski definition) is 2. The molecule has 9 nitrogen and oxygen atoms in total. The number of aryl methyl sites for hydroxylation is 1. The summed E-state index contributed by atoms with van der Waals surface area (Å²) >= 11 is 1.41. The van der Waals surface area contributed by atoms with Crippen molar-refractivity contribution in [2.75, 3.05) is 31.5 Å². The number of thiophene rings is 1. The summed E-state index contributed by atoms with van der Waals surface area (Å²) in [6.07, 6.45) is 2.67. The van der Waals surface area contributed by atoms with Crippen LogP contribution in [0, 0.1) is 11.3 Å². The van der Waals surface area contributed by atoms with Crippen molar-refractivity contribution in [1.82, 2.24) is 9.21 Å². The van der Waals surface area contributed by atoms with Gasteiger partial charge in [-0.2, -0.15) is 9.57 Å². The van der Waals surface area contributed by atoms with Gasteiger partial charge in [-0.15, -0.1) is 11.3 Å². The third-order valence-corrected chi connectivity index (χ3v) is 9.35. The van der Waals surface area contributed by atoms with E-state index in [-0.39, 0.29) is 23.9 Å². The quantitative estimate of drug-likeness (QED) is 0.634. The van der Waals surface area contributed by atoms with E-state index in [1.54, 1.807) is 6.92 Å². The van der Waals surface area contributed by atoms with Gasteiger partial charge in [0.2, 0.25) is 15.9 Å². The average molecular weight is 488 g/mol. The molecule has 2 aliphatic rings. The van der Waals surface area contributed by atoms with Crippen molar-refractivity contribution in [3.63, 3.8) is 0 Å². The number of piperazine rings is 1. The van der Waals surface area contributed by atoms with Gasteiger partial charge in [0, 0.05) is 31.1 Å². The minimum atomic E-state index is -3.67. The third kappa shape index (κ3) is 4.52. The largest absolute Gasteiger partial charge is 0.365 e. The first-order valence-electron chi connectivity index (χ1n) is 10.7. The highest BCUT2D eigenvalue weighted by Crippen LogP contribution is 2.39. The summed E-state index contributed by atoms with van der Waals surface area (Å²) in [7, 11) is -3.67. The molecule has 11 heteroatoms.